The number of carboxylic acid groups (broad SMARTS) is 1. The van der Waals surface area contributed by atoms with Crippen LogP contribution in [0.15, 0.2) is 24.3 Å². The van der Waals surface area contributed by atoms with Crippen molar-refractivity contribution in [3.63, 3.8) is 0 Å². The van der Waals surface area contributed by atoms with E-state index < -0.39 is 18.2 Å². The second-order valence-electron chi connectivity index (χ2n) is 4.32. The molecular weight excluding hydrogens is 222 g/mol. The lowest BCUT2D eigenvalue weighted by atomic mass is 9.96. The van der Waals surface area contributed by atoms with Crippen LogP contribution in [-0.2, 0) is 4.79 Å². The molecule has 0 amide bonds. The van der Waals surface area contributed by atoms with E-state index in [4.69, 9.17) is 14.6 Å². The fourth-order valence-electron chi connectivity index (χ4n) is 2.35. The molecule has 2 aliphatic rings. The van der Waals surface area contributed by atoms with Gasteiger partial charge in [0, 0.05) is 13.1 Å². The Kier molecular flexibility index (Phi) is 2.40. The molecule has 0 aromatic heterocycles. The zero-order chi connectivity index (χ0) is 11.8. The van der Waals surface area contributed by atoms with Gasteiger partial charge in [-0.15, -0.1) is 0 Å². The molecule has 3 rings (SSSR count). The summed E-state index contributed by atoms with van der Waals surface area (Å²) in [6.07, 6.45) is -0.497. The molecular formula is C12H13NO4. The van der Waals surface area contributed by atoms with E-state index in [9.17, 15) is 4.79 Å². The minimum absolute atomic E-state index is 0.153. The monoisotopic (exact) mass is 235 g/mol. The number of ether oxygens (including phenoxy) is 2. The zero-order valence-corrected chi connectivity index (χ0v) is 9.13. The number of nitrogens with one attached hydrogen (secondary N) is 1. The van der Waals surface area contributed by atoms with Crippen LogP contribution in [0.3, 0.4) is 0 Å². The smallest absolute Gasteiger partial charge is 0.308 e. The number of fused-ring (bicyclic) bond motifs is 1. The average Bonchev–Trinajstić information content (AvgIpc) is 2.95. The second kappa shape index (κ2) is 3.92. The lowest BCUT2D eigenvalue weighted by Crippen LogP contribution is -2.37. The van der Waals surface area contributed by atoms with Crippen LogP contribution < -0.4 is 14.8 Å². The standard InChI is InChI=1S/C12H13NO4/c14-11(15)7-5-13-6-8(7)12-16-9-3-1-2-4-10(9)17-12/h1-4,7-8,12-13H,5-6H2,(H,14,15). The molecule has 0 saturated carbocycles. The van der Waals surface area contributed by atoms with E-state index in [-0.39, 0.29) is 5.92 Å². The topological polar surface area (TPSA) is 67.8 Å². The van der Waals surface area contributed by atoms with Gasteiger partial charge in [0.2, 0.25) is 6.29 Å². The Balaban J connectivity index is 1.78. The van der Waals surface area contributed by atoms with Gasteiger partial charge in [-0.2, -0.15) is 0 Å². The Morgan fingerprint density at radius 2 is 1.88 bits per heavy atom. The van der Waals surface area contributed by atoms with Gasteiger partial charge in [0.05, 0.1) is 11.8 Å². The van der Waals surface area contributed by atoms with E-state index >= 15 is 0 Å². The number of carbonyl (C=O) groups is 1. The maximum Gasteiger partial charge on any atom is 0.308 e. The number of hydrogen-bond donors (Lipinski definition) is 2. The van der Waals surface area contributed by atoms with Gasteiger partial charge in [0.1, 0.15) is 0 Å². The van der Waals surface area contributed by atoms with Gasteiger partial charge in [0.15, 0.2) is 11.5 Å². The summed E-state index contributed by atoms with van der Waals surface area (Å²) >= 11 is 0. The van der Waals surface area contributed by atoms with E-state index in [1.165, 1.54) is 0 Å². The highest BCUT2D eigenvalue weighted by molar-refractivity contribution is 5.71. The summed E-state index contributed by atoms with van der Waals surface area (Å²) in [5, 5.41) is 12.2. The molecule has 1 saturated heterocycles. The molecule has 2 aliphatic heterocycles. The van der Waals surface area contributed by atoms with Gasteiger partial charge >= 0.3 is 5.97 Å². The van der Waals surface area contributed by atoms with E-state index in [1.807, 2.05) is 24.3 Å². The minimum Gasteiger partial charge on any atom is -0.481 e. The second-order valence-corrected chi connectivity index (χ2v) is 4.32. The molecule has 0 radical (unpaired) electrons. The van der Waals surface area contributed by atoms with Gasteiger partial charge in [-0.3, -0.25) is 4.79 Å². The first kappa shape index (κ1) is 10.4. The van der Waals surface area contributed by atoms with Crippen LogP contribution in [-0.4, -0.2) is 30.5 Å². The minimum atomic E-state index is -0.803. The number of aliphatic carboxylic acids is 1. The quantitative estimate of drug-likeness (QED) is 0.790. The SMILES string of the molecule is O=C(O)C1CNCC1C1Oc2ccccc2O1. The Morgan fingerprint density at radius 1 is 1.24 bits per heavy atom. The number of benzene rings is 1. The fraction of sp³-hybridized carbons (Fsp3) is 0.417. The molecule has 5 nitrogen and oxygen atoms in total. The number of carboxylic acids is 1. The van der Waals surface area contributed by atoms with Crippen LogP contribution in [0.2, 0.25) is 0 Å². The Labute approximate surface area is 98.3 Å². The maximum atomic E-state index is 11.1. The van der Waals surface area contributed by atoms with Crippen LogP contribution in [0.25, 0.3) is 0 Å². The first-order valence-corrected chi connectivity index (χ1v) is 5.61. The fourth-order valence-corrected chi connectivity index (χ4v) is 2.35. The lowest BCUT2D eigenvalue weighted by Gasteiger charge is -2.20. The predicted molar refractivity (Wildman–Crippen MR) is 59.0 cm³/mol. The molecule has 90 valence electrons. The lowest BCUT2D eigenvalue weighted by molar-refractivity contribution is -0.145. The van der Waals surface area contributed by atoms with Crippen LogP contribution in [0.4, 0.5) is 0 Å². The highest BCUT2D eigenvalue weighted by atomic mass is 16.7. The molecule has 2 atom stereocenters. The van der Waals surface area contributed by atoms with Crippen molar-refractivity contribution in [2.24, 2.45) is 11.8 Å². The third kappa shape index (κ3) is 1.72. The zero-order valence-electron chi connectivity index (χ0n) is 9.13. The van der Waals surface area contributed by atoms with Crippen LogP contribution >= 0.6 is 0 Å². The van der Waals surface area contributed by atoms with Gasteiger partial charge in [-0.1, -0.05) is 12.1 Å². The third-order valence-corrected chi connectivity index (χ3v) is 3.26. The Hall–Kier alpha value is -1.75. The van der Waals surface area contributed by atoms with Gasteiger partial charge in [-0.05, 0) is 12.1 Å². The highest BCUT2D eigenvalue weighted by Gasteiger charge is 2.43. The highest BCUT2D eigenvalue weighted by Crippen LogP contribution is 2.38. The molecule has 0 aliphatic carbocycles. The van der Waals surface area contributed by atoms with Crippen molar-refractivity contribution in [2.45, 2.75) is 6.29 Å². The first-order chi connectivity index (χ1) is 8.25. The van der Waals surface area contributed by atoms with Gasteiger partial charge in [-0.25, -0.2) is 0 Å². The molecule has 17 heavy (non-hydrogen) atoms. The summed E-state index contributed by atoms with van der Waals surface area (Å²) in [6, 6.07) is 7.39. The van der Waals surface area contributed by atoms with Crippen molar-refractivity contribution >= 4 is 5.97 Å². The van der Waals surface area contributed by atoms with Crippen molar-refractivity contribution in [1.29, 1.82) is 0 Å². The predicted octanol–water partition coefficient (Wildman–Crippen LogP) is 0.704. The number of hydrogen-bond acceptors (Lipinski definition) is 4. The molecule has 2 unspecified atom stereocenters. The molecule has 1 fully saturated rings. The Bertz CT molecular complexity index is 423. The molecule has 0 bridgehead atoms. The molecule has 2 heterocycles. The maximum absolute atomic E-state index is 11.1. The first-order valence-electron chi connectivity index (χ1n) is 5.61. The molecule has 0 spiro atoms. The van der Waals surface area contributed by atoms with Crippen molar-refractivity contribution < 1.29 is 19.4 Å². The van der Waals surface area contributed by atoms with Crippen LogP contribution in [0, 0.1) is 11.8 Å². The van der Waals surface area contributed by atoms with Crippen molar-refractivity contribution in [3.8, 4) is 11.5 Å². The van der Waals surface area contributed by atoms with E-state index in [0.717, 1.165) is 0 Å². The van der Waals surface area contributed by atoms with E-state index in [2.05, 4.69) is 5.32 Å². The normalized spacial score (nSPS) is 27.3. The third-order valence-electron chi connectivity index (χ3n) is 3.26. The number of para-hydroxylation sites is 2. The number of rotatable bonds is 2. The van der Waals surface area contributed by atoms with Crippen molar-refractivity contribution in [1.82, 2.24) is 5.32 Å². The van der Waals surface area contributed by atoms with E-state index in [1.54, 1.807) is 0 Å². The van der Waals surface area contributed by atoms with Gasteiger partial charge in [0.25, 0.3) is 0 Å². The van der Waals surface area contributed by atoms with Crippen molar-refractivity contribution in [3.05, 3.63) is 24.3 Å². The molecule has 1 aromatic rings. The molecule has 5 heteroatoms. The summed E-state index contributed by atoms with van der Waals surface area (Å²) in [4.78, 5) is 11.1. The van der Waals surface area contributed by atoms with Crippen LogP contribution in [0.5, 0.6) is 11.5 Å². The summed E-state index contributed by atoms with van der Waals surface area (Å²) in [6.45, 7) is 1.08. The van der Waals surface area contributed by atoms with Crippen LogP contribution in [0.1, 0.15) is 0 Å². The van der Waals surface area contributed by atoms with E-state index in [0.29, 0.717) is 24.6 Å². The average molecular weight is 235 g/mol. The molecule has 2 N–H and O–H groups in total. The van der Waals surface area contributed by atoms with Gasteiger partial charge < -0.3 is 19.9 Å². The van der Waals surface area contributed by atoms with Crippen molar-refractivity contribution in [2.75, 3.05) is 13.1 Å². The molecule has 1 aromatic carbocycles. The summed E-state index contributed by atoms with van der Waals surface area (Å²) < 4.78 is 11.3. The largest absolute Gasteiger partial charge is 0.481 e. The summed E-state index contributed by atoms with van der Waals surface area (Å²) in [5.74, 6) is -0.0283. The summed E-state index contributed by atoms with van der Waals surface area (Å²) in [7, 11) is 0. The Morgan fingerprint density at radius 3 is 2.47 bits per heavy atom. The summed E-state index contributed by atoms with van der Waals surface area (Å²) in [5.41, 5.74) is 0.